The average Bonchev–Trinajstić information content (AvgIpc) is 2.60. The molecule has 2 N–H and O–H groups in total. The van der Waals surface area contributed by atoms with Gasteiger partial charge in [0.1, 0.15) is 6.67 Å². The second-order valence-electron chi connectivity index (χ2n) is 5.55. The molecule has 0 spiro atoms. The van der Waals surface area contributed by atoms with Crippen molar-refractivity contribution >= 4 is 15.9 Å². The molecule has 1 atom stereocenters. The molecule has 8 heteroatoms. The van der Waals surface area contributed by atoms with E-state index in [2.05, 4.69) is 15.0 Å². The molecular weight excluding hydrogens is 345 g/mol. The standard InChI is InChI=1S/C17H20FN3O3S/c1-13(11-14-5-8-19-9-6-14)21-25(23,24)16-4-2-3-15(12-16)17(22)20-10-7-18/h2-6,8-9,12-13,21H,7,10-11H2,1H3,(H,20,22). The molecule has 0 aliphatic heterocycles. The molecule has 0 bridgehead atoms. The molecule has 0 saturated carbocycles. The van der Waals surface area contributed by atoms with E-state index in [0.29, 0.717) is 6.42 Å². The summed E-state index contributed by atoms with van der Waals surface area (Å²) in [6.45, 7) is 0.963. The van der Waals surface area contributed by atoms with Crippen molar-refractivity contribution in [1.82, 2.24) is 15.0 Å². The molecule has 2 aromatic rings. The van der Waals surface area contributed by atoms with Gasteiger partial charge in [-0.3, -0.25) is 9.78 Å². The lowest BCUT2D eigenvalue weighted by Gasteiger charge is -2.15. The van der Waals surface area contributed by atoms with Gasteiger partial charge in [0.15, 0.2) is 0 Å². The zero-order chi connectivity index (χ0) is 18.3. The second kappa shape index (κ2) is 8.68. The topological polar surface area (TPSA) is 88.2 Å². The van der Waals surface area contributed by atoms with Crippen LogP contribution in [0, 0.1) is 0 Å². The van der Waals surface area contributed by atoms with E-state index in [1.165, 1.54) is 24.3 Å². The van der Waals surface area contributed by atoms with E-state index < -0.39 is 22.6 Å². The number of rotatable bonds is 8. The Balaban J connectivity index is 2.09. The Labute approximate surface area is 146 Å². The highest BCUT2D eigenvalue weighted by molar-refractivity contribution is 7.89. The monoisotopic (exact) mass is 365 g/mol. The SMILES string of the molecule is CC(Cc1ccncc1)NS(=O)(=O)c1cccc(C(=O)NCCF)c1. The summed E-state index contributed by atoms with van der Waals surface area (Å²) in [6.07, 6.45) is 3.81. The van der Waals surface area contributed by atoms with E-state index in [9.17, 15) is 17.6 Å². The third-order valence-corrected chi connectivity index (χ3v) is 5.02. The summed E-state index contributed by atoms with van der Waals surface area (Å²) in [5.74, 6) is -0.514. The molecule has 1 unspecified atom stereocenters. The second-order valence-corrected chi connectivity index (χ2v) is 7.27. The predicted molar refractivity (Wildman–Crippen MR) is 92.5 cm³/mol. The van der Waals surface area contributed by atoms with Gasteiger partial charge < -0.3 is 5.32 Å². The number of sulfonamides is 1. The van der Waals surface area contributed by atoms with Crippen molar-refractivity contribution in [2.24, 2.45) is 0 Å². The number of pyridine rings is 1. The fraction of sp³-hybridized carbons (Fsp3) is 0.294. The van der Waals surface area contributed by atoms with Crippen molar-refractivity contribution in [3.8, 4) is 0 Å². The van der Waals surface area contributed by atoms with Crippen LogP contribution < -0.4 is 10.0 Å². The molecule has 1 aromatic heterocycles. The van der Waals surface area contributed by atoms with Gasteiger partial charge in [-0.05, 0) is 49.2 Å². The quantitative estimate of drug-likeness (QED) is 0.745. The summed E-state index contributed by atoms with van der Waals surface area (Å²) >= 11 is 0. The molecule has 0 saturated heterocycles. The van der Waals surface area contributed by atoms with Gasteiger partial charge in [0.25, 0.3) is 5.91 Å². The minimum atomic E-state index is -3.78. The minimum Gasteiger partial charge on any atom is -0.349 e. The highest BCUT2D eigenvalue weighted by Gasteiger charge is 2.19. The van der Waals surface area contributed by atoms with Crippen molar-refractivity contribution < 1.29 is 17.6 Å². The van der Waals surface area contributed by atoms with Crippen LogP contribution in [0.15, 0.2) is 53.7 Å². The van der Waals surface area contributed by atoms with Gasteiger partial charge in [-0.15, -0.1) is 0 Å². The summed E-state index contributed by atoms with van der Waals surface area (Å²) < 4.78 is 39.7. The van der Waals surface area contributed by atoms with Crippen LogP contribution in [0.5, 0.6) is 0 Å². The normalized spacial score (nSPS) is 12.6. The maximum atomic E-state index is 12.5. The van der Waals surface area contributed by atoms with Gasteiger partial charge in [0.05, 0.1) is 4.90 Å². The molecule has 2 rings (SSSR count). The first-order valence-corrected chi connectivity index (χ1v) is 9.26. The van der Waals surface area contributed by atoms with E-state index in [-0.39, 0.29) is 23.0 Å². The Hall–Kier alpha value is -2.32. The Bertz CT molecular complexity index is 813. The van der Waals surface area contributed by atoms with E-state index in [1.54, 1.807) is 19.3 Å². The number of carbonyl (C=O) groups is 1. The predicted octanol–water partition coefficient (Wildman–Crippen LogP) is 1.69. The van der Waals surface area contributed by atoms with Crippen molar-refractivity contribution in [2.45, 2.75) is 24.3 Å². The molecular formula is C17H20FN3O3S. The van der Waals surface area contributed by atoms with E-state index in [0.717, 1.165) is 5.56 Å². The first kappa shape index (κ1) is 19.0. The van der Waals surface area contributed by atoms with Crippen LogP contribution >= 0.6 is 0 Å². The number of hydrogen-bond acceptors (Lipinski definition) is 4. The first-order chi connectivity index (χ1) is 11.9. The largest absolute Gasteiger partial charge is 0.349 e. The maximum Gasteiger partial charge on any atom is 0.251 e. The van der Waals surface area contributed by atoms with E-state index in [1.807, 2.05) is 12.1 Å². The number of amides is 1. The minimum absolute atomic E-state index is 0.0121. The molecule has 25 heavy (non-hydrogen) atoms. The average molecular weight is 365 g/mol. The number of halogens is 1. The van der Waals surface area contributed by atoms with E-state index >= 15 is 0 Å². The fourth-order valence-electron chi connectivity index (χ4n) is 2.31. The highest BCUT2D eigenvalue weighted by Crippen LogP contribution is 2.13. The molecule has 1 heterocycles. The van der Waals surface area contributed by atoms with Gasteiger partial charge >= 0.3 is 0 Å². The van der Waals surface area contributed by atoms with Crippen LogP contribution in [0.2, 0.25) is 0 Å². The van der Waals surface area contributed by atoms with Gasteiger partial charge in [-0.1, -0.05) is 6.07 Å². The maximum absolute atomic E-state index is 12.5. The molecule has 6 nitrogen and oxygen atoms in total. The number of carbonyl (C=O) groups excluding carboxylic acids is 1. The van der Waals surface area contributed by atoms with Crippen molar-refractivity contribution in [1.29, 1.82) is 0 Å². The molecule has 134 valence electrons. The lowest BCUT2D eigenvalue weighted by molar-refractivity contribution is 0.0950. The fourth-order valence-corrected chi connectivity index (χ4v) is 3.60. The third kappa shape index (κ3) is 5.61. The summed E-state index contributed by atoms with van der Waals surface area (Å²) in [7, 11) is -3.78. The Morgan fingerprint density at radius 1 is 1.24 bits per heavy atom. The van der Waals surface area contributed by atoms with Crippen LogP contribution in [0.25, 0.3) is 0 Å². The molecule has 0 fully saturated rings. The lowest BCUT2D eigenvalue weighted by atomic mass is 10.1. The third-order valence-electron chi connectivity index (χ3n) is 3.43. The van der Waals surface area contributed by atoms with Gasteiger partial charge in [-0.25, -0.2) is 17.5 Å². The Kier molecular flexibility index (Phi) is 6.60. The van der Waals surface area contributed by atoms with Crippen LogP contribution in [-0.4, -0.2) is 38.6 Å². The highest BCUT2D eigenvalue weighted by atomic mass is 32.2. The Morgan fingerprint density at radius 3 is 2.64 bits per heavy atom. The number of aromatic nitrogens is 1. The van der Waals surface area contributed by atoms with Crippen molar-refractivity contribution in [2.75, 3.05) is 13.2 Å². The van der Waals surface area contributed by atoms with Gasteiger partial charge in [0.2, 0.25) is 10.0 Å². The van der Waals surface area contributed by atoms with Crippen LogP contribution in [0.1, 0.15) is 22.8 Å². The molecule has 1 aromatic carbocycles. The first-order valence-electron chi connectivity index (χ1n) is 7.78. The zero-order valence-corrected chi connectivity index (χ0v) is 14.6. The van der Waals surface area contributed by atoms with Crippen LogP contribution in [0.3, 0.4) is 0 Å². The molecule has 0 aliphatic rings. The number of hydrogen-bond donors (Lipinski definition) is 2. The van der Waals surface area contributed by atoms with Crippen molar-refractivity contribution in [3.05, 3.63) is 59.9 Å². The lowest BCUT2D eigenvalue weighted by Crippen LogP contribution is -2.34. The summed E-state index contributed by atoms with van der Waals surface area (Å²) in [6, 6.07) is 8.94. The number of alkyl halides is 1. The van der Waals surface area contributed by atoms with E-state index in [4.69, 9.17) is 0 Å². The number of benzene rings is 1. The van der Waals surface area contributed by atoms with Crippen LogP contribution in [-0.2, 0) is 16.4 Å². The molecule has 0 radical (unpaired) electrons. The zero-order valence-electron chi connectivity index (χ0n) is 13.8. The Morgan fingerprint density at radius 2 is 1.96 bits per heavy atom. The number of nitrogens with one attached hydrogen (secondary N) is 2. The van der Waals surface area contributed by atoms with Crippen molar-refractivity contribution in [3.63, 3.8) is 0 Å². The van der Waals surface area contributed by atoms with Gasteiger partial charge in [0, 0.05) is 30.5 Å². The number of nitrogens with zero attached hydrogens (tertiary/aromatic N) is 1. The molecule has 1 amide bonds. The summed E-state index contributed by atoms with van der Waals surface area (Å²) in [5, 5.41) is 2.37. The molecule has 0 aliphatic carbocycles. The smallest absolute Gasteiger partial charge is 0.251 e. The van der Waals surface area contributed by atoms with Crippen LogP contribution in [0.4, 0.5) is 4.39 Å². The van der Waals surface area contributed by atoms with Gasteiger partial charge in [-0.2, -0.15) is 0 Å². The summed E-state index contributed by atoms with van der Waals surface area (Å²) in [5.41, 5.74) is 1.13. The summed E-state index contributed by atoms with van der Waals surface area (Å²) in [4.78, 5) is 15.8.